The van der Waals surface area contributed by atoms with Gasteiger partial charge in [-0.15, -0.1) is 0 Å². The van der Waals surface area contributed by atoms with Crippen LogP contribution in [0.1, 0.15) is 23.2 Å². The molecule has 1 rings (SSSR count). The molecule has 0 unspecified atom stereocenters. The van der Waals surface area contributed by atoms with Gasteiger partial charge in [0.2, 0.25) is 0 Å². The molecule has 1 aromatic rings. The molecule has 1 amide bonds. The summed E-state index contributed by atoms with van der Waals surface area (Å²) in [5.41, 5.74) is 0.513. The van der Waals surface area contributed by atoms with E-state index in [9.17, 15) is 9.59 Å². The van der Waals surface area contributed by atoms with E-state index in [-0.39, 0.29) is 18.9 Å². The van der Waals surface area contributed by atoms with E-state index in [1.165, 1.54) is 4.90 Å². The molecule has 0 bridgehead atoms. The van der Waals surface area contributed by atoms with Crippen molar-refractivity contribution in [2.75, 3.05) is 33.9 Å². The summed E-state index contributed by atoms with van der Waals surface area (Å²) in [6, 6.07) is 6.76. The molecule has 1 N–H and O–H groups in total. The third-order valence-electron chi connectivity index (χ3n) is 3.00. The van der Waals surface area contributed by atoms with Crippen LogP contribution in [0.3, 0.4) is 0 Å². The van der Waals surface area contributed by atoms with Crippen molar-refractivity contribution in [2.45, 2.75) is 12.8 Å². The Morgan fingerprint density at radius 2 is 1.81 bits per heavy atom. The fourth-order valence-corrected chi connectivity index (χ4v) is 1.86. The lowest BCUT2D eigenvalue weighted by Crippen LogP contribution is -2.34. The average molecular weight is 295 g/mol. The zero-order valence-corrected chi connectivity index (χ0v) is 12.4. The maximum absolute atomic E-state index is 12.4. The van der Waals surface area contributed by atoms with Crippen molar-refractivity contribution in [1.82, 2.24) is 4.90 Å². The lowest BCUT2D eigenvalue weighted by atomic mass is 10.1. The van der Waals surface area contributed by atoms with E-state index in [1.807, 2.05) is 0 Å². The Morgan fingerprint density at radius 1 is 1.14 bits per heavy atom. The van der Waals surface area contributed by atoms with Gasteiger partial charge in [0.25, 0.3) is 5.91 Å². The summed E-state index contributed by atoms with van der Waals surface area (Å²) in [5.74, 6) is -0.438. The van der Waals surface area contributed by atoms with E-state index < -0.39 is 5.97 Å². The van der Waals surface area contributed by atoms with Gasteiger partial charge in [-0.2, -0.15) is 0 Å². The Bertz CT molecular complexity index is 458. The Kier molecular flexibility index (Phi) is 7.25. The summed E-state index contributed by atoms with van der Waals surface area (Å²) >= 11 is 0. The van der Waals surface area contributed by atoms with Crippen molar-refractivity contribution >= 4 is 11.9 Å². The predicted molar refractivity (Wildman–Crippen MR) is 77.6 cm³/mol. The number of carbonyl (C=O) groups excluding carboxylic acids is 1. The Balaban J connectivity index is 2.73. The average Bonchev–Trinajstić information content (AvgIpc) is 2.50. The zero-order valence-electron chi connectivity index (χ0n) is 12.4. The first-order chi connectivity index (χ1) is 10.1. The summed E-state index contributed by atoms with van der Waals surface area (Å²) < 4.78 is 10.0. The molecule has 0 atom stereocenters. The van der Waals surface area contributed by atoms with E-state index in [4.69, 9.17) is 14.6 Å². The number of ether oxygens (including phenoxy) is 2. The molecule has 0 aliphatic heterocycles. The highest BCUT2D eigenvalue weighted by molar-refractivity contribution is 5.94. The molecule has 0 saturated heterocycles. The number of carboxylic acids is 1. The quantitative estimate of drug-likeness (QED) is 0.701. The number of carbonyl (C=O) groups is 2. The van der Waals surface area contributed by atoms with Crippen LogP contribution >= 0.6 is 0 Å². The van der Waals surface area contributed by atoms with E-state index >= 15 is 0 Å². The molecule has 1 aromatic carbocycles. The summed E-state index contributed by atoms with van der Waals surface area (Å²) in [5, 5.41) is 8.78. The van der Waals surface area contributed by atoms with Gasteiger partial charge in [0.05, 0.1) is 13.5 Å². The highest BCUT2D eigenvalue weighted by Crippen LogP contribution is 2.13. The highest BCUT2D eigenvalue weighted by atomic mass is 16.5. The number of hydrogen-bond acceptors (Lipinski definition) is 4. The normalized spacial score (nSPS) is 10.2. The van der Waals surface area contributed by atoms with E-state index in [2.05, 4.69) is 0 Å². The molecular weight excluding hydrogens is 274 g/mol. The predicted octanol–water partition coefficient (Wildman–Crippen LogP) is 1.65. The van der Waals surface area contributed by atoms with Crippen LogP contribution in [0.2, 0.25) is 0 Å². The number of methoxy groups -OCH3 is 2. The van der Waals surface area contributed by atoms with E-state index in [0.29, 0.717) is 30.9 Å². The fourth-order valence-electron chi connectivity index (χ4n) is 1.86. The maximum atomic E-state index is 12.4. The second-order valence-electron chi connectivity index (χ2n) is 4.51. The van der Waals surface area contributed by atoms with Crippen LogP contribution < -0.4 is 4.74 Å². The number of aliphatic carboxylic acids is 1. The first kappa shape index (κ1) is 17.0. The molecule has 0 fully saturated rings. The van der Waals surface area contributed by atoms with Crippen LogP contribution in [-0.4, -0.2) is 55.8 Å². The molecule has 0 saturated carbocycles. The number of carboxylic acid groups (broad SMARTS) is 1. The largest absolute Gasteiger partial charge is 0.497 e. The summed E-state index contributed by atoms with van der Waals surface area (Å²) in [6.07, 6.45) is 0.590. The van der Waals surface area contributed by atoms with Gasteiger partial charge >= 0.3 is 5.97 Å². The molecule has 116 valence electrons. The van der Waals surface area contributed by atoms with Crippen molar-refractivity contribution in [2.24, 2.45) is 0 Å². The van der Waals surface area contributed by atoms with E-state index in [0.717, 1.165) is 0 Å². The molecule has 0 aromatic heterocycles. The van der Waals surface area contributed by atoms with Crippen molar-refractivity contribution in [3.05, 3.63) is 29.8 Å². The molecule has 0 spiro atoms. The summed E-state index contributed by atoms with van der Waals surface area (Å²) in [7, 11) is 3.15. The maximum Gasteiger partial charge on any atom is 0.305 e. The second-order valence-corrected chi connectivity index (χ2v) is 4.51. The smallest absolute Gasteiger partial charge is 0.305 e. The first-order valence-electron chi connectivity index (χ1n) is 6.72. The van der Waals surface area contributed by atoms with Crippen LogP contribution in [0.5, 0.6) is 5.75 Å². The Morgan fingerprint density at radius 3 is 2.33 bits per heavy atom. The fraction of sp³-hybridized carbons (Fsp3) is 0.467. The van der Waals surface area contributed by atoms with Crippen LogP contribution in [-0.2, 0) is 9.53 Å². The van der Waals surface area contributed by atoms with Gasteiger partial charge < -0.3 is 19.5 Å². The SMILES string of the molecule is COCCCN(CCC(=O)O)C(=O)c1ccc(OC)cc1. The number of amides is 1. The van der Waals surface area contributed by atoms with Crippen molar-refractivity contribution in [3.8, 4) is 5.75 Å². The van der Waals surface area contributed by atoms with Gasteiger partial charge in [-0.25, -0.2) is 0 Å². The minimum atomic E-state index is -0.922. The molecule has 0 aliphatic carbocycles. The van der Waals surface area contributed by atoms with E-state index in [1.54, 1.807) is 38.5 Å². The summed E-state index contributed by atoms with van der Waals surface area (Å²) in [4.78, 5) is 24.6. The molecule has 21 heavy (non-hydrogen) atoms. The molecule has 0 heterocycles. The third-order valence-corrected chi connectivity index (χ3v) is 3.00. The Hall–Kier alpha value is -2.08. The van der Waals surface area contributed by atoms with Crippen LogP contribution in [0, 0.1) is 0 Å². The number of benzene rings is 1. The minimum absolute atomic E-state index is 0.0745. The minimum Gasteiger partial charge on any atom is -0.497 e. The number of nitrogens with zero attached hydrogens (tertiary/aromatic N) is 1. The molecule has 0 aliphatic rings. The van der Waals surface area contributed by atoms with Crippen LogP contribution in [0.25, 0.3) is 0 Å². The van der Waals surface area contributed by atoms with Gasteiger partial charge in [0.15, 0.2) is 0 Å². The standard InChI is InChI=1S/C15H21NO5/c1-20-11-3-9-16(10-8-14(17)18)15(19)12-4-6-13(21-2)7-5-12/h4-7H,3,8-11H2,1-2H3,(H,17,18). The van der Waals surface area contributed by atoms with Gasteiger partial charge in [-0.05, 0) is 30.7 Å². The first-order valence-corrected chi connectivity index (χ1v) is 6.72. The van der Waals surface area contributed by atoms with Crippen LogP contribution in [0.15, 0.2) is 24.3 Å². The monoisotopic (exact) mass is 295 g/mol. The van der Waals surface area contributed by atoms with Crippen LogP contribution in [0.4, 0.5) is 0 Å². The molecular formula is C15H21NO5. The topological polar surface area (TPSA) is 76.1 Å². The zero-order chi connectivity index (χ0) is 15.7. The van der Waals surface area contributed by atoms with Crippen molar-refractivity contribution < 1.29 is 24.2 Å². The van der Waals surface area contributed by atoms with Crippen molar-refractivity contribution in [3.63, 3.8) is 0 Å². The van der Waals surface area contributed by atoms with Crippen molar-refractivity contribution in [1.29, 1.82) is 0 Å². The highest BCUT2D eigenvalue weighted by Gasteiger charge is 2.16. The third kappa shape index (κ3) is 5.83. The lowest BCUT2D eigenvalue weighted by molar-refractivity contribution is -0.137. The van der Waals surface area contributed by atoms with Gasteiger partial charge in [0.1, 0.15) is 5.75 Å². The summed E-state index contributed by atoms with van der Waals surface area (Å²) in [6.45, 7) is 1.18. The molecule has 6 heteroatoms. The number of rotatable bonds is 9. The van der Waals surface area contributed by atoms with Gasteiger partial charge in [-0.3, -0.25) is 9.59 Å². The van der Waals surface area contributed by atoms with Gasteiger partial charge in [-0.1, -0.05) is 0 Å². The second kappa shape index (κ2) is 8.97. The molecule has 0 radical (unpaired) electrons. The number of hydrogen-bond donors (Lipinski definition) is 1. The van der Waals surface area contributed by atoms with Gasteiger partial charge in [0, 0.05) is 32.4 Å². The lowest BCUT2D eigenvalue weighted by Gasteiger charge is -2.22. The molecule has 6 nitrogen and oxygen atoms in total. The Labute approximate surface area is 124 Å².